The summed E-state index contributed by atoms with van der Waals surface area (Å²) in [6.07, 6.45) is 3.86. The van der Waals surface area contributed by atoms with Gasteiger partial charge in [0.15, 0.2) is 6.61 Å². The third-order valence-corrected chi connectivity index (χ3v) is 5.08. The van der Waals surface area contributed by atoms with Crippen LogP contribution in [0.15, 0.2) is 54.6 Å². The van der Waals surface area contributed by atoms with Crippen molar-refractivity contribution in [3.63, 3.8) is 0 Å². The Morgan fingerprint density at radius 3 is 2.55 bits per heavy atom. The number of ether oxygens (including phenoxy) is 2. The van der Waals surface area contributed by atoms with E-state index in [1.54, 1.807) is 18.1 Å². The van der Waals surface area contributed by atoms with Gasteiger partial charge < -0.3 is 14.4 Å². The summed E-state index contributed by atoms with van der Waals surface area (Å²) in [5, 5.41) is 0. The lowest BCUT2D eigenvalue weighted by Crippen LogP contribution is -2.41. The number of esters is 1. The highest BCUT2D eigenvalue weighted by atomic mass is 16.5. The van der Waals surface area contributed by atoms with Crippen LogP contribution >= 0.6 is 0 Å². The van der Waals surface area contributed by atoms with Gasteiger partial charge in [-0.15, -0.1) is 0 Å². The highest BCUT2D eigenvalue weighted by Crippen LogP contribution is 2.25. The lowest BCUT2D eigenvalue weighted by atomic mass is 10.0. The first-order chi connectivity index (χ1) is 14.1. The van der Waals surface area contributed by atoms with Crippen LogP contribution in [-0.4, -0.2) is 43.6 Å². The molecule has 0 aliphatic carbocycles. The molecule has 0 unspecified atom stereocenters. The molecule has 2 aromatic rings. The average Bonchev–Trinajstić information content (AvgIpc) is 2.76. The summed E-state index contributed by atoms with van der Waals surface area (Å²) in [5.74, 6) is 0.468. The fraction of sp³-hybridized carbons (Fsp3) is 0.333. The molecule has 1 atom stereocenters. The first kappa shape index (κ1) is 20.6. The molecule has 2 aromatic carbocycles. The lowest BCUT2D eigenvalue weighted by Gasteiger charge is -2.30. The summed E-state index contributed by atoms with van der Waals surface area (Å²) in [5.41, 5.74) is 1.87. The van der Waals surface area contributed by atoms with Crippen LogP contribution in [0.25, 0.3) is 11.6 Å². The number of amides is 1. The van der Waals surface area contributed by atoms with E-state index in [0.717, 1.165) is 37.1 Å². The number of hydrogen-bond acceptors (Lipinski definition) is 4. The zero-order valence-corrected chi connectivity index (χ0v) is 17.0. The Hall–Kier alpha value is -3.08. The number of methoxy groups -OCH3 is 1. The minimum absolute atomic E-state index is 0.144. The molecule has 1 fully saturated rings. The summed E-state index contributed by atoms with van der Waals surface area (Å²) in [6.45, 7) is 3.33. The standard InChI is InChI=1S/C24H27NO4/c1-18-9-8-14-25(16-18)23(26)17-29-24(27)21(19-10-4-3-5-11-19)15-20-12-6-7-13-22(20)28-2/h3-7,10-13,15,18H,8-9,14,16-17H2,1-2H3/b21-15+/t18-/m0/s1. The van der Waals surface area contributed by atoms with E-state index >= 15 is 0 Å². The van der Waals surface area contributed by atoms with E-state index in [0.29, 0.717) is 17.2 Å². The number of hydrogen-bond donors (Lipinski definition) is 0. The van der Waals surface area contributed by atoms with Crippen LogP contribution < -0.4 is 4.74 Å². The van der Waals surface area contributed by atoms with Crippen molar-refractivity contribution in [1.29, 1.82) is 0 Å². The molecule has 0 radical (unpaired) electrons. The van der Waals surface area contributed by atoms with Crippen molar-refractivity contribution in [2.45, 2.75) is 19.8 Å². The van der Waals surface area contributed by atoms with E-state index < -0.39 is 5.97 Å². The molecule has 1 aliphatic rings. The van der Waals surface area contributed by atoms with Crippen molar-refractivity contribution < 1.29 is 19.1 Å². The number of carbonyl (C=O) groups excluding carboxylic acids is 2. The van der Waals surface area contributed by atoms with Crippen molar-refractivity contribution in [3.05, 3.63) is 65.7 Å². The SMILES string of the molecule is COc1ccccc1/C=C(/C(=O)OCC(=O)N1CCC[C@H](C)C1)c1ccccc1. The summed E-state index contributed by atoms with van der Waals surface area (Å²) in [7, 11) is 1.59. The van der Waals surface area contributed by atoms with Gasteiger partial charge in [0.25, 0.3) is 5.91 Å². The Balaban J connectivity index is 1.78. The van der Waals surface area contributed by atoms with Crippen molar-refractivity contribution >= 4 is 23.5 Å². The third-order valence-electron chi connectivity index (χ3n) is 5.08. The van der Waals surface area contributed by atoms with Crippen molar-refractivity contribution in [1.82, 2.24) is 4.90 Å². The molecule has 0 aromatic heterocycles. The number of para-hydroxylation sites is 1. The molecule has 1 saturated heterocycles. The predicted molar refractivity (Wildman–Crippen MR) is 113 cm³/mol. The Bertz CT molecular complexity index is 875. The fourth-order valence-electron chi connectivity index (χ4n) is 3.53. The molecule has 0 spiro atoms. The largest absolute Gasteiger partial charge is 0.496 e. The maximum absolute atomic E-state index is 12.9. The van der Waals surface area contributed by atoms with E-state index in [1.165, 1.54) is 0 Å². The van der Waals surface area contributed by atoms with E-state index in [1.807, 2.05) is 54.6 Å². The number of rotatable bonds is 6. The molecule has 0 bridgehead atoms. The molecule has 5 nitrogen and oxygen atoms in total. The van der Waals surface area contributed by atoms with E-state index in [-0.39, 0.29) is 12.5 Å². The molecule has 1 heterocycles. The zero-order valence-electron chi connectivity index (χ0n) is 17.0. The molecule has 29 heavy (non-hydrogen) atoms. The number of likely N-dealkylation sites (tertiary alicyclic amines) is 1. The number of nitrogens with zero attached hydrogens (tertiary/aromatic N) is 1. The van der Waals surface area contributed by atoms with Crippen LogP contribution in [0.3, 0.4) is 0 Å². The van der Waals surface area contributed by atoms with Crippen molar-refractivity contribution in [2.75, 3.05) is 26.8 Å². The highest BCUT2D eigenvalue weighted by molar-refractivity contribution is 6.22. The molecule has 0 saturated carbocycles. The Morgan fingerprint density at radius 1 is 1.10 bits per heavy atom. The van der Waals surface area contributed by atoms with Gasteiger partial charge in [-0.25, -0.2) is 4.79 Å². The second-order valence-electron chi connectivity index (χ2n) is 7.33. The number of piperidine rings is 1. The molecule has 1 aliphatic heterocycles. The van der Waals surface area contributed by atoms with Crippen LogP contribution in [0.5, 0.6) is 5.75 Å². The van der Waals surface area contributed by atoms with Crippen molar-refractivity contribution in [3.8, 4) is 5.75 Å². The summed E-state index contributed by atoms with van der Waals surface area (Å²) >= 11 is 0. The minimum atomic E-state index is -0.527. The van der Waals surface area contributed by atoms with Gasteiger partial charge in [-0.05, 0) is 36.5 Å². The predicted octanol–water partition coefficient (Wildman–Crippen LogP) is 4.04. The molecular formula is C24H27NO4. The molecule has 0 N–H and O–H groups in total. The van der Waals surface area contributed by atoms with Gasteiger partial charge in [-0.3, -0.25) is 4.79 Å². The summed E-state index contributed by atoms with van der Waals surface area (Å²) < 4.78 is 10.8. The van der Waals surface area contributed by atoms with E-state index in [4.69, 9.17) is 9.47 Å². The first-order valence-electron chi connectivity index (χ1n) is 9.93. The maximum atomic E-state index is 12.9. The highest BCUT2D eigenvalue weighted by Gasteiger charge is 2.23. The Labute approximate surface area is 171 Å². The Kier molecular flexibility index (Phi) is 7.06. The summed E-state index contributed by atoms with van der Waals surface area (Å²) in [4.78, 5) is 27.2. The van der Waals surface area contributed by atoms with Crippen molar-refractivity contribution in [2.24, 2.45) is 5.92 Å². The quantitative estimate of drug-likeness (QED) is 0.422. The monoisotopic (exact) mass is 393 g/mol. The molecule has 152 valence electrons. The van der Waals surface area contributed by atoms with Gasteiger partial charge in [0.2, 0.25) is 0 Å². The average molecular weight is 393 g/mol. The van der Waals surface area contributed by atoms with Crippen LogP contribution in [0.2, 0.25) is 0 Å². The molecule has 1 amide bonds. The van der Waals surface area contributed by atoms with Gasteiger partial charge in [0, 0.05) is 18.7 Å². The Morgan fingerprint density at radius 2 is 1.83 bits per heavy atom. The van der Waals surface area contributed by atoms with Crippen LogP contribution in [-0.2, 0) is 14.3 Å². The maximum Gasteiger partial charge on any atom is 0.339 e. The normalized spacial score (nSPS) is 17.0. The first-order valence-corrected chi connectivity index (χ1v) is 9.93. The van der Waals surface area contributed by atoms with Crippen LogP contribution in [0, 0.1) is 5.92 Å². The second kappa shape index (κ2) is 9.92. The van der Waals surface area contributed by atoms with Crippen LogP contribution in [0.4, 0.5) is 0 Å². The van der Waals surface area contributed by atoms with Crippen LogP contribution in [0.1, 0.15) is 30.9 Å². The number of carbonyl (C=O) groups is 2. The van der Waals surface area contributed by atoms with Gasteiger partial charge in [-0.1, -0.05) is 55.5 Å². The summed E-state index contributed by atoms with van der Waals surface area (Å²) in [6, 6.07) is 16.7. The topological polar surface area (TPSA) is 55.8 Å². The van der Waals surface area contributed by atoms with Gasteiger partial charge in [-0.2, -0.15) is 0 Å². The minimum Gasteiger partial charge on any atom is -0.496 e. The van der Waals surface area contributed by atoms with E-state index in [9.17, 15) is 9.59 Å². The third kappa shape index (κ3) is 5.47. The smallest absolute Gasteiger partial charge is 0.339 e. The second-order valence-corrected chi connectivity index (χ2v) is 7.33. The molecule has 3 rings (SSSR count). The fourth-order valence-corrected chi connectivity index (χ4v) is 3.53. The zero-order chi connectivity index (χ0) is 20.6. The molecular weight excluding hydrogens is 366 g/mol. The van der Waals surface area contributed by atoms with Gasteiger partial charge >= 0.3 is 5.97 Å². The van der Waals surface area contributed by atoms with Gasteiger partial charge in [0.1, 0.15) is 5.75 Å². The number of benzene rings is 2. The van der Waals surface area contributed by atoms with E-state index in [2.05, 4.69) is 6.92 Å². The molecule has 5 heteroatoms. The van der Waals surface area contributed by atoms with Gasteiger partial charge in [0.05, 0.1) is 12.7 Å². The lowest BCUT2D eigenvalue weighted by molar-refractivity contribution is -0.148.